The number of nitrogens with two attached hydrogens (primary N) is 1. The summed E-state index contributed by atoms with van der Waals surface area (Å²) in [5.74, 6) is 0.516. The van der Waals surface area contributed by atoms with Gasteiger partial charge in [-0.3, -0.25) is 4.79 Å². The number of rotatable bonds is 4. The van der Waals surface area contributed by atoms with Crippen LogP contribution in [-0.4, -0.2) is 18.0 Å². The number of ether oxygens (including phenoxy) is 1. The van der Waals surface area contributed by atoms with Crippen LogP contribution < -0.4 is 15.8 Å². The molecule has 2 rings (SSSR count). The minimum atomic E-state index is -0.116. The standard InChI is InChI=1S/C13H15N3O2S/c1-8-12(19-7-16-8)13(17)15-6-9-3-4-11(18-2)10(14)5-9/h3-5,7H,6,14H2,1-2H3,(H,15,17). The summed E-state index contributed by atoms with van der Waals surface area (Å²) in [5.41, 5.74) is 9.70. The lowest BCUT2D eigenvalue weighted by Gasteiger charge is -2.08. The van der Waals surface area contributed by atoms with Gasteiger partial charge in [0.25, 0.3) is 5.91 Å². The Morgan fingerprint density at radius 3 is 2.89 bits per heavy atom. The van der Waals surface area contributed by atoms with Crippen molar-refractivity contribution in [2.24, 2.45) is 0 Å². The Morgan fingerprint density at radius 1 is 1.53 bits per heavy atom. The van der Waals surface area contributed by atoms with Crippen LogP contribution in [0.2, 0.25) is 0 Å². The van der Waals surface area contributed by atoms with E-state index in [-0.39, 0.29) is 5.91 Å². The predicted octanol–water partition coefficient (Wildman–Crippen LogP) is 1.97. The molecule has 0 radical (unpaired) electrons. The van der Waals surface area contributed by atoms with Gasteiger partial charge in [-0.1, -0.05) is 6.07 Å². The summed E-state index contributed by atoms with van der Waals surface area (Å²) in [6.45, 7) is 2.24. The van der Waals surface area contributed by atoms with E-state index in [0.717, 1.165) is 11.3 Å². The van der Waals surface area contributed by atoms with Gasteiger partial charge in [-0.05, 0) is 24.6 Å². The molecular formula is C13H15N3O2S. The lowest BCUT2D eigenvalue weighted by atomic mass is 10.2. The van der Waals surface area contributed by atoms with Gasteiger partial charge in [-0.25, -0.2) is 4.98 Å². The van der Waals surface area contributed by atoms with E-state index >= 15 is 0 Å². The quantitative estimate of drug-likeness (QED) is 0.838. The summed E-state index contributed by atoms with van der Waals surface area (Å²) in [4.78, 5) is 16.6. The molecule has 100 valence electrons. The highest BCUT2D eigenvalue weighted by molar-refractivity contribution is 7.11. The largest absolute Gasteiger partial charge is 0.495 e. The number of carbonyl (C=O) groups excluding carboxylic acids is 1. The summed E-state index contributed by atoms with van der Waals surface area (Å²) in [7, 11) is 1.57. The number of carbonyl (C=O) groups is 1. The predicted molar refractivity (Wildman–Crippen MR) is 75.4 cm³/mol. The lowest BCUT2D eigenvalue weighted by molar-refractivity contribution is 0.0954. The van der Waals surface area contributed by atoms with Gasteiger partial charge in [-0.2, -0.15) is 0 Å². The first kappa shape index (κ1) is 13.4. The van der Waals surface area contributed by atoms with Crippen molar-refractivity contribution in [3.05, 3.63) is 39.8 Å². The molecule has 1 amide bonds. The average molecular weight is 277 g/mol. The Labute approximate surface area is 115 Å². The first-order valence-electron chi connectivity index (χ1n) is 5.72. The maximum atomic E-state index is 11.9. The van der Waals surface area contributed by atoms with Gasteiger partial charge >= 0.3 is 0 Å². The Kier molecular flexibility index (Phi) is 4.01. The summed E-state index contributed by atoms with van der Waals surface area (Å²) in [5, 5.41) is 2.84. The highest BCUT2D eigenvalue weighted by Crippen LogP contribution is 2.21. The molecule has 0 unspecified atom stereocenters. The van der Waals surface area contributed by atoms with E-state index in [2.05, 4.69) is 10.3 Å². The van der Waals surface area contributed by atoms with E-state index in [1.54, 1.807) is 24.8 Å². The third-order valence-corrected chi connectivity index (χ3v) is 3.63. The molecule has 0 aliphatic heterocycles. The molecule has 0 bridgehead atoms. The molecule has 0 fully saturated rings. The number of benzene rings is 1. The molecule has 0 aliphatic rings. The van der Waals surface area contributed by atoms with E-state index in [1.165, 1.54) is 11.3 Å². The molecule has 0 saturated heterocycles. The van der Waals surface area contributed by atoms with Crippen LogP contribution in [-0.2, 0) is 6.54 Å². The number of thiazole rings is 1. The van der Waals surface area contributed by atoms with Gasteiger partial charge in [0.05, 0.1) is 24.0 Å². The number of aryl methyl sites for hydroxylation is 1. The van der Waals surface area contributed by atoms with Crippen molar-refractivity contribution in [2.45, 2.75) is 13.5 Å². The monoisotopic (exact) mass is 277 g/mol. The number of amides is 1. The van der Waals surface area contributed by atoms with Crippen LogP contribution >= 0.6 is 11.3 Å². The molecule has 6 heteroatoms. The first-order valence-corrected chi connectivity index (χ1v) is 6.60. The number of hydrogen-bond donors (Lipinski definition) is 2. The van der Waals surface area contributed by atoms with Crippen molar-refractivity contribution >= 4 is 22.9 Å². The average Bonchev–Trinajstić information content (AvgIpc) is 2.82. The zero-order valence-corrected chi connectivity index (χ0v) is 11.6. The molecule has 1 aromatic heterocycles. The molecular weight excluding hydrogens is 262 g/mol. The van der Waals surface area contributed by atoms with E-state index in [9.17, 15) is 4.79 Å². The van der Waals surface area contributed by atoms with E-state index in [0.29, 0.717) is 22.9 Å². The lowest BCUT2D eigenvalue weighted by Crippen LogP contribution is -2.22. The molecule has 0 saturated carbocycles. The number of nitrogen functional groups attached to an aromatic ring is 1. The highest BCUT2D eigenvalue weighted by atomic mass is 32.1. The fourth-order valence-corrected chi connectivity index (χ4v) is 2.39. The van der Waals surface area contributed by atoms with Gasteiger partial charge in [0.2, 0.25) is 0 Å². The number of anilines is 1. The zero-order valence-electron chi connectivity index (χ0n) is 10.8. The van der Waals surface area contributed by atoms with Gasteiger partial charge < -0.3 is 15.8 Å². The van der Waals surface area contributed by atoms with Gasteiger partial charge in [0.15, 0.2) is 0 Å². The molecule has 2 aromatic rings. The number of methoxy groups -OCH3 is 1. The Balaban J connectivity index is 2.01. The molecule has 3 N–H and O–H groups in total. The van der Waals surface area contributed by atoms with Crippen LogP contribution in [0, 0.1) is 6.92 Å². The fraction of sp³-hybridized carbons (Fsp3) is 0.231. The summed E-state index contributed by atoms with van der Waals surface area (Å²) in [6.07, 6.45) is 0. The molecule has 0 atom stereocenters. The maximum Gasteiger partial charge on any atom is 0.263 e. The second-order valence-electron chi connectivity index (χ2n) is 4.03. The maximum absolute atomic E-state index is 11.9. The minimum Gasteiger partial charge on any atom is -0.495 e. The Bertz CT molecular complexity index is 595. The molecule has 1 aromatic carbocycles. The second kappa shape index (κ2) is 5.71. The third-order valence-electron chi connectivity index (χ3n) is 2.70. The SMILES string of the molecule is COc1ccc(CNC(=O)c2scnc2C)cc1N. The van der Waals surface area contributed by atoms with Crippen LogP contribution in [0.1, 0.15) is 20.9 Å². The summed E-state index contributed by atoms with van der Waals surface area (Å²) >= 11 is 1.33. The van der Waals surface area contributed by atoms with Crippen LogP contribution in [0.4, 0.5) is 5.69 Å². The first-order chi connectivity index (χ1) is 9.11. The third kappa shape index (κ3) is 3.03. The van der Waals surface area contributed by atoms with E-state index in [1.807, 2.05) is 13.0 Å². The van der Waals surface area contributed by atoms with Gasteiger partial charge in [0, 0.05) is 6.54 Å². The Hall–Kier alpha value is -2.08. The highest BCUT2D eigenvalue weighted by Gasteiger charge is 2.11. The smallest absolute Gasteiger partial charge is 0.263 e. The number of nitrogens with zero attached hydrogens (tertiary/aromatic N) is 1. The minimum absolute atomic E-state index is 0.116. The molecule has 5 nitrogen and oxygen atoms in total. The van der Waals surface area contributed by atoms with Gasteiger partial charge in [-0.15, -0.1) is 11.3 Å². The Morgan fingerprint density at radius 2 is 2.32 bits per heavy atom. The molecule has 19 heavy (non-hydrogen) atoms. The topological polar surface area (TPSA) is 77.2 Å². The van der Waals surface area contributed by atoms with Crippen molar-refractivity contribution in [3.8, 4) is 5.75 Å². The zero-order chi connectivity index (χ0) is 13.8. The normalized spacial score (nSPS) is 10.2. The molecule has 0 aliphatic carbocycles. The van der Waals surface area contributed by atoms with Crippen LogP contribution in [0.3, 0.4) is 0 Å². The van der Waals surface area contributed by atoms with Crippen molar-refractivity contribution in [1.29, 1.82) is 0 Å². The summed E-state index contributed by atoms with van der Waals surface area (Å²) in [6, 6.07) is 5.45. The van der Waals surface area contributed by atoms with Crippen molar-refractivity contribution in [3.63, 3.8) is 0 Å². The summed E-state index contributed by atoms with van der Waals surface area (Å²) < 4.78 is 5.08. The molecule has 0 spiro atoms. The van der Waals surface area contributed by atoms with Gasteiger partial charge in [0.1, 0.15) is 10.6 Å². The number of hydrogen-bond acceptors (Lipinski definition) is 5. The fourth-order valence-electron chi connectivity index (χ4n) is 1.68. The van der Waals surface area contributed by atoms with Crippen molar-refractivity contribution in [1.82, 2.24) is 10.3 Å². The van der Waals surface area contributed by atoms with Crippen molar-refractivity contribution < 1.29 is 9.53 Å². The number of aromatic nitrogens is 1. The van der Waals surface area contributed by atoms with Crippen LogP contribution in [0.15, 0.2) is 23.7 Å². The van der Waals surface area contributed by atoms with E-state index in [4.69, 9.17) is 10.5 Å². The van der Waals surface area contributed by atoms with Crippen LogP contribution in [0.5, 0.6) is 5.75 Å². The van der Waals surface area contributed by atoms with Crippen molar-refractivity contribution in [2.75, 3.05) is 12.8 Å². The number of nitrogens with one attached hydrogen (secondary N) is 1. The molecule has 1 heterocycles. The van der Waals surface area contributed by atoms with E-state index < -0.39 is 0 Å². The van der Waals surface area contributed by atoms with Crippen LogP contribution in [0.25, 0.3) is 0 Å². The second-order valence-corrected chi connectivity index (χ2v) is 4.88.